The largest absolute Gasteiger partial charge is 0.253 e. The quantitative estimate of drug-likeness (QED) is 0.871. The molecule has 0 unspecified atom stereocenters. The van der Waals surface area contributed by atoms with Gasteiger partial charge in [-0.3, -0.25) is 0 Å². The van der Waals surface area contributed by atoms with Gasteiger partial charge in [-0.15, -0.1) is 11.3 Å². The molecule has 0 spiro atoms. The van der Waals surface area contributed by atoms with Crippen LogP contribution < -0.4 is 0 Å². The van der Waals surface area contributed by atoms with Crippen molar-refractivity contribution in [3.8, 4) is 0 Å². The molecule has 19 heavy (non-hydrogen) atoms. The van der Waals surface area contributed by atoms with Gasteiger partial charge in [-0.1, -0.05) is 30.3 Å². The van der Waals surface area contributed by atoms with Gasteiger partial charge in [-0.25, -0.2) is 8.42 Å². The smallest absolute Gasteiger partial charge is 0.206 e. The zero-order valence-corrected chi connectivity index (χ0v) is 12.2. The second kappa shape index (κ2) is 4.74. The molecular formula is C14H15NO2S2. The van der Waals surface area contributed by atoms with Crippen LogP contribution in [0.2, 0.25) is 0 Å². The molecular weight excluding hydrogens is 278 g/mol. The molecule has 0 radical (unpaired) electrons. The number of aryl methyl sites for hydroxylation is 1. The maximum atomic E-state index is 12.5. The minimum Gasteiger partial charge on any atom is -0.206 e. The van der Waals surface area contributed by atoms with Crippen molar-refractivity contribution < 1.29 is 8.42 Å². The van der Waals surface area contributed by atoms with Crippen LogP contribution in [0.5, 0.6) is 0 Å². The van der Waals surface area contributed by atoms with Gasteiger partial charge in [0, 0.05) is 11.4 Å². The fourth-order valence-corrected chi connectivity index (χ4v) is 5.40. The van der Waals surface area contributed by atoms with Gasteiger partial charge in [0.15, 0.2) is 0 Å². The monoisotopic (exact) mass is 293 g/mol. The Bertz CT molecular complexity index is 676. The lowest BCUT2D eigenvalue weighted by molar-refractivity contribution is 0.202. The van der Waals surface area contributed by atoms with E-state index in [1.807, 2.05) is 43.3 Å². The number of nitrogens with zero attached hydrogens (tertiary/aromatic N) is 1. The Morgan fingerprint density at radius 1 is 1.16 bits per heavy atom. The van der Waals surface area contributed by atoms with Crippen LogP contribution in [0.25, 0.3) is 0 Å². The van der Waals surface area contributed by atoms with Crippen LogP contribution >= 0.6 is 11.3 Å². The molecule has 2 heterocycles. The van der Waals surface area contributed by atoms with Gasteiger partial charge in [-0.05, 0) is 31.0 Å². The highest BCUT2D eigenvalue weighted by Crippen LogP contribution is 2.39. The van der Waals surface area contributed by atoms with Crippen molar-refractivity contribution in [2.75, 3.05) is 6.54 Å². The summed E-state index contributed by atoms with van der Waals surface area (Å²) in [5, 5.41) is 0. The predicted octanol–water partition coefficient (Wildman–Crippen LogP) is 3.19. The fraction of sp³-hybridized carbons (Fsp3) is 0.286. The SMILES string of the molecule is Cc1ccc(S(=O)(=O)N2CC[C@@H]2c2ccccc2)s1. The summed E-state index contributed by atoms with van der Waals surface area (Å²) in [4.78, 5) is 1.02. The van der Waals surface area contributed by atoms with Crippen molar-refractivity contribution in [1.29, 1.82) is 0 Å². The van der Waals surface area contributed by atoms with Crippen LogP contribution in [0.15, 0.2) is 46.7 Å². The predicted molar refractivity (Wildman–Crippen MR) is 76.7 cm³/mol. The van der Waals surface area contributed by atoms with E-state index in [0.29, 0.717) is 10.8 Å². The molecule has 0 aliphatic carbocycles. The lowest BCUT2D eigenvalue weighted by atomic mass is 9.98. The zero-order chi connectivity index (χ0) is 13.5. The van der Waals surface area contributed by atoms with Gasteiger partial charge in [0.05, 0.1) is 6.04 Å². The molecule has 1 fully saturated rings. The Hall–Kier alpha value is -1.17. The number of thiophene rings is 1. The summed E-state index contributed by atoms with van der Waals surface area (Å²) in [7, 11) is -3.33. The first-order valence-corrected chi connectivity index (χ1v) is 8.48. The van der Waals surface area contributed by atoms with Crippen LogP contribution in [-0.2, 0) is 10.0 Å². The maximum Gasteiger partial charge on any atom is 0.253 e. The number of rotatable bonds is 3. The highest BCUT2D eigenvalue weighted by atomic mass is 32.2. The third kappa shape index (κ3) is 2.22. The molecule has 1 aromatic carbocycles. The Balaban J connectivity index is 1.91. The first-order valence-electron chi connectivity index (χ1n) is 6.22. The summed E-state index contributed by atoms with van der Waals surface area (Å²) in [5.41, 5.74) is 1.07. The van der Waals surface area contributed by atoms with Crippen LogP contribution in [0, 0.1) is 6.92 Å². The Kier molecular flexibility index (Phi) is 3.20. The number of hydrogen-bond acceptors (Lipinski definition) is 3. The Labute approximate surface area is 117 Å². The van der Waals surface area contributed by atoms with E-state index in [0.717, 1.165) is 16.9 Å². The first-order chi connectivity index (χ1) is 9.09. The summed E-state index contributed by atoms with van der Waals surface area (Å²) >= 11 is 1.34. The topological polar surface area (TPSA) is 37.4 Å². The molecule has 0 N–H and O–H groups in total. The highest BCUT2D eigenvalue weighted by Gasteiger charge is 2.39. The van der Waals surface area contributed by atoms with Gasteiger partial charge >= 0.3 is 0 Å². The van der Waals surface area contributed by atoms with E-state index in [2.05, 4.69) is 0 Å². The van der Waals surface area contributed by atoms with Crippen molar-refractivity contribution in [2.45, 2.75) is 23.6 Å². The van der Waals surface area contributed by atoms with Crippen molar-refractivity contribution >= 4 is 21.4 Å². The third-order valence-corrected chi connectivity index (χ3v) is 6.81. The second-order valence-corrected chi connectivity index (χ2v) is 8.10. The summed E-state index contributed by atoms with van der Waals surface area (Å²) < 4.78 is 27.2. The van der Waals surface area contributed by atoms with E-state index in [4.69, 9.17) is 0 Å². The van der Waals surface area contributed by atoms with E-state index in [1.165, 1.54) is 11.3 Å². The second-order valence-electron chi connectivity index (χ2n) is 4.70. The van der Waals surface area contributed by atoms with Crippen LogP contribution in [-0.4, -0.2) is 19.3 Å². The molecule has 3 rings (SSSR count). The van der Waals surface area contributed by atoms with Gasteiger partial charge in [-0.2, -0.15) is 4.31 Å². The molecule has 1 atom stereocenters. The standard InChI is InChI=1S/C14H15NO2S2/c1-11-7-8-14(18-11)19(16,17)15-10-9-13(15)12-5-3-2-4-6-12/h2-8,13H,9-10H2,1H3/t13-/m1/s1. The molecule has 1 aromatic heterocycles. The average Bonchev–Trinajstić information content (AvgIpc) is 2.76. The number of benzene rings is 1. The summed E-state index contributed by atoms with van der Waals surface area (Å²) in [6.07, 6.45) is 0.896. The van der Waals surface area contributed by atoms with E-state index in [-0.39, 0.29) is 6.04 Å². The van der Waals surface area contributed by atoms with E-state index in [9.17, 15) is 8.42 Å². The Morgan fingerprint density at radius 2 is 1.89 bits per heavy atom. The zero-order valence-electron chi connectivity index (χ0n) is 10.6. The normalized spacial score (nSPS) is 20.2. The molecule has 0 amide bonds. The van der Waals surface area contributed by atoms with Crippen molar-refractivity contribution in [1.82, 2.24) is 4.31 Å². The third-order valence-electron chi connectivity index (χ3n) is 3.43. The lowest BCUT2D eigenvalue weighted by Gasteiger charge is -2.39. The van der Waals surface area contributed by atoms with Gasteiger partial charge < -0.3 is 0 Å². The highest BCUT2D eigenvalue weighted by molar-refractivity contribution is 7.91. The maximum absolute atomic E-state index is 12.5. The molecule has 0 saturated carbocycles. The van der Waals surface area contributed by atoms with Crippen LogP contribution in [0.3, 0.4) is 0 Å². The lowest BCUT2D eigenvalue weighted by Crippen LogP contribution is -2.44. The number of sulfonamides is 1. The molecule has 3 nitrogen and oxygen atoms in total. The molecule has 0 bridgehead atoms. The van der Waals surface area contributed by atoms with Gasteiger partial charge in [0.25, 0.3) is 10.0 Å². The first kappa shape index (κ1) is 12.8. The van der Waals surface area contributed by atoms with Crippen molar-refractivity contribution in [3.05, 3.63) is 52.9 Å². The van der Waals surface area contributed by atoms with E-state index >= 15 is 0 Å². The number of hydrogen-bond donors (Lipinski definition) is 0. The van der Waals surface area contributed by atoms with Crippen molar-refractivity contribution in [2.24, 2.45) is 0 Å². The molecule has 100 valence electrons. The molecule has 2 aromatic rings. The summed E-state index contributed by atoms with van der Waals surface area (Å²) in [6, 6.07) is 13.4. The molecule has 1 aliphatic heterocycles. The summed E-state index contributed by atoms with van der Waals surface area (Å²) in [5.74, 6) is 0. The van der Waals surface area contributed by atoms with Gasteiger partial charge in [0.2, 0.25) is 0 Å². The van der Waals surface area contributed by atoms with Gasteiger partial charge in [0.1, 0.15) is 4.21 Å². The van der Waals surface area contributed by atoms with E-state index < -0.39 is 10.0 Å². The molecule has 1 aliphatic rings. The van der Waals surface area contributed by atoms with Crippen LogP contribution in [0.4, 0.5) is 0 Å². The molecule has 5 heteroatoms. The fourth-order valence-electron chi connectivity index (χ4n) is 2.33. The average molecular weight is 293 g/mol. The minimum atomic E-state index is -3.33. The summed E-state index contributed by atoms with van der Waals surface area (Å²) in [6.45, 7) is 2.54. The van der Waals surface area contributed by atoms with E-state index in [1.54, 1.807) is 10.4 Å². The Morgan fingerprint density at radius 3 is 2.42 bits per heavy atom. The van der Waals surface area contributed by atoms with Crippen molar-refractivity contribution in [3.63, 3.8) is 0 Å². The molecule has 1 saturated heterocycles. The van der Waals surface area contributed by atoms with Crippen LogP contribution in [0.1, 0.15) is 22.9 Å². The minimum absolute atomic E-state index is 0.00592.